The van der Waals surface area contributed by atoms with Crippen molar-refractivity contribution in [3.8, 4) is 0 Å². The van der Waals surface area contributed by atoms with Crippen molar-refractivity contribution < 1.29 is 0 Å². The monoisotopic (exact) mass is 406 g/mol. The van der Waals surface area contributed by atoms with E-state index in [0.29, 0.717) is 10.0 Å². The van der Waals surface area contributed by atoms with Gasteiger partial charge in [0.05, 0.1) is 27.5 Å². The van der Waals surface area contributed by atoms with Gasteiger partial charge in [-0.15, -0.1) is 11.3 Å². The minimum absolute atomic E-state index is 0.142. The second-order valence-electron chi connectivity index (χ2n) is 5.73. The van der Waals surface area contributed by atoms with Crippen LogP contribution in [0.4, 0.5) is 5.69 Å². The summed E-state index contributed by atoms with van der Waals surface area (Å²) in [4.78, 5) is 1.26. The van der Waals surface area contributed by atoms with E-state index in [-0.39, 0.29) is 6.04 Å². The van der Waals surface area contributed by atoms with Crippen molar-refractivity contribution in [1.29, 1.82) is 0 Å². The number of halogens is 3. The fraction of sp³-hybridized carbons (Fsp3) is 0.105. The van der Waals surface area contributed by atoms with Crippen molar-refractivity contribution in [2.45, 2.75) is 12.5 Å². The average Bonchev–Trinajstić information content (AvgIpc) is 3.27. The first-order valence-corrected chi connectivity index (χ1v) is 9.74. The van der Waals surface area contributed by atoms with Crippen LogP contribution in [0, 0.1) is 0 Å². The number of anilines is 1. The molecule has 1 aliphatic heterocycles. The first-order valence-electron chi connectivity index (χ1n) is 7.73. The van der Waals surface area contributed by atoms with Crippen LogP contribution in [-0.4, -0.2) is 5.71 Å². The molecular weight excluding hydrogens is 395 g/mol. The lowest BCUT2D eigenvalue weighted by atomic mass is 10.0. The van der Waals surface area contributed by atoms with Crippen molar-refractivity contribution in [3.63, 3.8) is 0 Å². The second kappa shape index (κ2) is 7.00. The van der Waals surface area contributed by atoms with E-state index in [1.165, 1.54) is 4.88 Å². The molecule has 25 heavy (non-hydrogen) atoms. The lowest BCUT2D eigenvalue weighted by molar-refractivity contribution is 0.722. The summed E-state index contributed by atoms with van der Waals surface area (Å²) in [5.41, 5.74) is 3.03. The van der Waals surface area contributed by atoms with E-state index in [9.17, 15) is 0 Å². The van der Waals surface area contributed by atoms with Crippen LogP contribution in [0.1, 0.15) is 22.9 Å². The van der Waals surface area contributed by atoms with E-state index in [1.54, 1.807) is 17.4 Å². The van der Waals surface area contributed by atoms with Crippen molar-refractivity contribution in [1.82, 2.24) is 0 Å². The molecule has 0 saturated heterocycles. The van der Waals surface area contributed by atoms with Crippen molar-refractivity contribution in [2.24, 2.45) is 5.10 Å². The van der Waals surface area contributed by atoms with Gasteiger partial charge in [0.25, 0.3) is 0 Å². The molecule has 126 valence electrons. The van der Waals surface area contributed by atoms with Gasteiger partial charge in [-0.2, -0.15) is 5.10 Å². The van der Waals surface area contributed by atoms with Crippen LogP contribution in [0.3, 0.4) is 0 Å². The van der Waals surface area contributed by atoms with Gasteiger partial charge in [0.1, 0.15) is 0 Å². The molecule has 0 saturated carbocycles. The first-order chi connectivity index (χ1) is 12.1. The minimum Gasteiger partial charge on any atom is -0.257 e. The molecule has 0 amide bonds. The number of rotatable bonds is 3. The maximum Gasteiger partial charge on any atom is 0.0923 e. The summed E-state index contributed by atoms with van der Waals surface area (Å²) in [7, 11) is 0. The van der Waals surface area contributed by atoms with Gasteiger partial charge in [0, 0.05) is 16.3 Å². The molecule has 2 heterocycles. The summed E-state index contributed by atoms with van der Waals surface area (Å²) in [5.74, 6) is 0. The Balaban J connectivity index is 1.75. The Morgan fingerprint density at radius 2 is 1.76 bits per heavy atom. The first kappa shape index (κ1) is 16.9. The summed E-state index contributed by atoms with van der Waals surface area (Å²) in [5, 5.41) is 10.8. The quantitative estimate of drug-likeness (QED) is 0.453. The molecule has 4 rings (SSSR count). The fourth-order valence-corrected chi connectivity index (χ4v) is 4.13. The van der Waals surface area contributed by atoms with E-state index in [4.69, 9.17) is 39.9 Å². The predicted molar refractivity (Wildman–Crippen MR) is 109 cm³/mol. The SMILES string of the molecule is Clc1ccc(C2=NN(c3ccc(Cl)c(Cl)c3)C(c3cccs3)C2)cc1. The van der Waals surface area contributed by atoms with E-state index in [2.05, 4.69) is 17.5 Å². The Bertz CT molecular complexity index is 920. The number of hydrogen-bond acceptors (Lipinski definition) is 3. The normalized spacial score (nSPS) is 17.0. The molecule has 0 fully saturated rings. The van der Waals surface area contributed by atoms with Crippen LogP contribution >= 0.6 is 46.1 Å². The zero-order valence-electron chi connectivity index (χ0n) is 13.0. The molecule has 3 aromatic rings. The van der Waals surface area contributed by atoms with Gasteiger partial charge < -0.3 is 0 Å². The molecular formula is C19H13Cl3N2S. The summed E-state index contributed by atoms with van der Waals surface area (Å²) in [6, 6.07) is 17.7. The second-order valence-corrected chi connectivity index (χ2v) is 7.96. The lowest BCUT2D eigenvalue weighted by Gasteiger charge is -2.23. The molecule has 0 spiro atoms. The summed E-state index contributed by atoms with van der Waals surface area (Å²) < 4.78 is 0. The molecule has 0 bridgehead atoms. The molecule has 1 unspecified atom stereocenters. The minimum atomic E-state index is 0.142. The van der Waals surface area contributed by atoms with Gasteiger partial charge in [0.2, 0.25) is 0 Å². The van der Waals surface area contributed by atoms with Crippen LogP contribution in [0.2, 0.25) is 15.1 Å². The Morgan fingerprint density at radius 1 is 0.960 bits per heavy atom. The fourth-order valence-electron chi connectivity index (χ4n) is 2.90. The van der Waals surface area contributed by atoms with Crippen LogP contribution in [0.5, 0.6) is 0 Å². The zero-order valence-corrected chi connectivity index (χ0v) is 16.1. The number of hydrazone groups is 1. The summed E-state index contributed by atoms with van der Waals surface area (Å²) in [6.07, 6.45) is 0.822. The van der Waals surface area contributed by atoms with Gasteiger partial charge in [0.15, 0.2) is 0 Å². The van der Waals surface area contributed by atoms with Crippen molar-refractivity contribution in [2.75, 3.05) is 5.01 Å². The van der Waals surface area contributed by atoms with E-state index >= 15 is 0 Å². The number of hydrogen-bond donors (Lipinski definition) is 0. The van der Waals surface area contributed by atoms with Gasteiger partial charge in [-0.3, -0.25) is 5.01 Å². The molecule has 2 nitrogen and oxygen atoms in total. The molecule has 1 aliphatic rings. The van der Waals surface area contributed by atoms with Crippen LogP contribution in [0.25, 0.3) is 0 Å². The molecule has 0 N–H and O–H groups in total. The van der Waals surface area contributed by atoms with Crippen LogP contribution < -0.4 is 5.01 Å². The Labute approximate surface area is 165 Å². The Kier molecular flexibility index (Phi) is 4.74. The molecule has 1 atom stereocenters. The van der Waals surface area contributed by atoms with Gasteiger partial charge in [-0.05, 0) is 47.3 Å². The number of thiophene rings is 1. The third-order valence-corrected chi connectivity index (χ3v) is 6.09. The van der Waals surface area contributed by atoms with Crippen LogP contribution in [-0.2, 0) is 0 Å². The van der Waals surface area contributed by atoms with E-state index in [0.717, 1.165) is 28.4 Å². The van der Waals surface area contributed by atoms with Gasteiger partial charge in [-0.1, -0.05) is 53.0 Å². The van der Waals surface area contributed by atoms with Gasteiger partial charge in [-0.25, -0.2) is 0 Å². The third-order valence-electron chi connectivity index (χ3n) is 4.13. The maximum atomic E-state index is 6.22. The highest BCUT2D eigenvalue weighted by atomic mass is 35.5. The predicted octanol–water partition coefficient (Wildman–Crippen LogP) is 7.06. The smallest absolute Gasteiger partial charge is 0.0923 e. The van der Waals surface area contributed by atoms with E-state index < -0.39 is 0 Å². The average molecular weight is 408 g/mol. The van der Waals surface area contributed by atoms with Crippen LogP contribution in [0.15, 0.2) is 65.1 Å². The molecule has 6 heteroatoms. The molecule has 2 aromatic carbocycles. The maximum absolute atomic E-state index is 6.22. The lowest BCUT2D eigenvalue weighted by Crippen LogP contribution is -2.17. The zero-order chi connectivity index (χ0) is 17.4. The molecule has 0 radical (unpaired) electrons. The van der Waals surface area contributed by atoms with Gasteiger partial charge >= 0.3 is 0 Å². The summed E-state index contributed by atoms with van der Waals surface area (Å²) in [6.45, 7) is 0. The number of nitrogens with zero attached hydrogens (tertiary/aromatic N) is 2. The largest absolute Gasteiger partial charge is 0.257 e. The third kappa shape index (κ3) is 3.42. The van der Waals surface area contributed by atoms with E-state index in [1.807, 2.05) is 41.4 Å². The molecule has 0 aliphatic carbocycles. The topological polar surface area (TPSA) is 15.6 Å². The highest BCUT2D eigenvalue weighted by Crippen LogP contribution is 2.40. The summed E-state index contributed by atoms with van der Waals surface area (Å²) >= 11 is 20.0. The van der Waals surface area contributed by atoms with Crippen molar-refractivity contribution >= 4 is 57.5 Å². The highest BCUT2D eigenvalue weighted by Gasteiger charge is 2.30. The highest BCUT2D eigenvalue weighted by molar-refractivity contribution is 7.10. The number of benzene rings is 2. The standard InChI is InChI=1S/C19H13Cl3N2S/c20-13-5-3-12(4-6-13)17-11-18(19-2-1-9-25-19)24(23-17)14-7-8-15(21)16(22)10-14/h1-10,18H,11H2. The Morgan fingerprint density at radius 3 is 2.44 bits per heavy atom. The van der Waals surface area contributed by atoms with Crippen molar-refractivity contribution in [3.05, 3.63) is 85.5 Å². The Hall–Kier alpha value is -1.52. The molecule has 1 aromatic heterocycles.